The van der Waals surface area contributed by atoms with E-state index in [1.807, 2.05) is 0 Å². The first kappa shape index (κ1) is 14.9. The molecule has 0 spiro atoms. The quantitative estimate of drug-likeness (QED) is 0.666. The lowest BCUT2D eigenvalue weighted by Gasteiger charge is -2.09. The van der Waals surface area contributed by atoms with Gasteiger partial charge >= 0.3 is 11.7 Å². The summed E-state index contributed by atoms with van der Waals surface area (Å²) < 4.78 is 5.96. The van der Waals surface area contributed by atoms with E-state index in [2.05, 4.69) is 20.9 Å². The van der Waals surface area contributed by atoms with Crippen molar-refractivity contribution in [3.05, 3.63) is 56.2 Å². The number of hydrogen-bond donors (Lipinski definition) is 1. The third-order valence-corrected chi connectivity index (χ3v) is 3.02. The van der Waals surface area contributed by atoms with Gasteiger partial charge in [0.15, 0.2) is 5.69 Å². The normalized spacial score (nSPS) is 10.2. The molecule has 0 fully saturated rings. The Hall–Kier alpha value is -2.48. The van der Waals surface area contributed by atoms with Crippen molar-refractivity contribution < 1.29 is 19.6 Å². The van der Waals surface area contributed by atoms with Gasteiger partial charge in [0.05, 0.1) is 4.92 Å². The van der Waals surface area contributed by atoms with Crippen LogP contribution in [0.2, 0.25) is 0 Å². The topological polar surface area (TPSA) is 103 Å². The average molecular weight is 353 g/mol. The van der Waals surface area contributed by atoms with Gasteiger partial charge in [0, 0.05) is 22.2 Å². The molecule has 7 nitrogen and oxygen atoms in total. The van der Waals surface area contributed by atoms with Crippen LogP contribution in [0.15, 0.2) is 34.8 Å². The van der Waals surface area contributed by atoms with E-state index in [-0.39, 0.29) is 23.0 Å². The largest absolute Gasteiger partial charge is 0.477 e. The van der Waals surface area contributed by atoms with E-state index in [4.69, 9.17) is 9.84 Å². The molecule has 108 valence electrons. The van der Waals surface area contributed by atoms with Crippen molar-refractivity contribution in [2.24, 2.45) is 0 Å². The maximum atomic E-state index is 11.1. The monoisotopic (exact) mass is 352 g/mol. The van der Waals surface area contributed by atoms with Gasteiger partial charge in [0.25, 0.3) is 0 Å². The number of aromatic nitrogens is 1. The zero-order valence-electron chi connectivity index (χ0n) is 10.7. The third kappa shape index (κ3) is 3.34. The molecule has 0 saturated carbocycles. The Kier molecular flexibility index (Phi) is 4.18. The van der Waals surface area contributed by atoms with Crippen LogP contribution >= 0.6 is 15.9 Å². The maximum absolute atomic E-state index is 11.1. The highest BCUT2D eigenvalue weighted by atomic mass is 79.9. The zero-order valence-corrected chi connectivity index (χ0v) is 12.3. The number of nitro benzene ring substituents is 1. The van der Waals surface area contributed by atoms with Gasteiger partial charge in [0.1, 0.15) is 0 Å². The van der Waals surface area contributed by atoms with Crippen LogP contribution < -0.4 is 4.74 Å². The van der Waals surface area contributed by atoms with Crippen molar-refractivity contribution in [3.8, 4) is 11.6 Å². The fraction of sp³-hybridized carbons (Fsp3) is 0.0769. The summed E-state index contributed by atoms with van der Waals surface area (Å²) in [5, 5.41) is 20.0. The summed E-state index contributed by atoms with van der Waals surface area (Å²) in [6.07, 6.45) is 0. The lowest BCUT2D eigenvalue weighted by atomic mass is 10.2. The molecule has 2 aromatic rings. The highest BCUT2D eigenvalue weighted by Gasteiger charge is 2.20. The molecule has 1 aromatic heterocycles. The highest BCUT2D eigenvalue weighted by Crippen LogP contribution is 2.36. The fourth-order valence-corrected chi connectivity index (χ4v) is 2.24. The van der Waals surface area contributed by atoms with Gasteiger partial charge in [-0.3, -0.25) is 10.1 Å². The standard InChI is InChI=1S/C13H9BrN2O5/c1-7-5-8(14)6-10(16(19)20)12(7)21-11-4-2-3-9(15-11)13(17)18/h2-6H,1H3,(H,17,18). The molecule has 0 atom stereocenters. The number of nitrogens with zero attached hydrogens (tertiary/aromatic N) is 2. The van der Waals surface area contributed by atoms with Crippen LogP contribution in [-0.2, 0) is 0 Å². The van der Waals surface area contributed by atoms with Gasteiger partial charge in [-0.1, -0.05) is 22.0 Å². The molecule has 21 heavy (non-hydrogen) atoms. The Morgan fingerprint density at radius 2 is 2.14 bits per heavy atom. The number of aromatic carboxylic acids is 1. The summed E-state index contributed by atoms with van der Waals surface area (Å²) in [5.74, 6) is -1.20. The van der Waals surface area contributed by atoms with Crippen LogP contribution in [0.1, 0.15) is 16.1 Å². The second-order valence-corrected chi connectivity index (χ2v) is 5.01. The summed E-state index contributed by atoms with van der Waals surface area (Å²) in [6, 6.07) is 7.15. The van der Waals surface area contributed by atoms with Crippen molar-refractivity contribution in [3.63, 3.8) is 0 Å². The third-order valence-electron chi connectivity index (χ3n) is 2.57. The maximum Gasteiger partial charge on any atom is 0.354 e. The van der Waals surface area contributed by atoms with E-state index >= 15 is 0 Å². The van der Waals surface area contributed by atoms with Gasteiger partial charge in [-0.25, -0.2) is 9.78 Å². The molecule has 1 heterocycles. The number of pyridine rings is 1. The Balaban J connectivity index is 2.46. The predicted molar refractivity (Wildman–Crippen MR) is 76.8 cm³/mol. The lowest BCUT2D eigenvalue weighted by molar-refractivity contribution is -0.385. The van der Waals surface area contributed by atoms with Crippen LogP contribution in [-0.4, -0.2) is 21.0 Å². The first-order chi connectivity index (χ1) is 9.88. The number of carboxylic acids is 1. The van der Waals surface area contributed by atoms with Crippen molar-refractivity contribution >= 4 is 27.6 Å². The van der Waals surface area contributed by atoms with Gasteiger partial charge in [-0.15, -0.1) is 0 Å². The number of halogens is 1. The van der Waals surface area contributed by atoms with Gasteiger partial charge in [-0.2, -0.15) is 0 Å². The number of carboxylic acid groups (broad SMARTS) is 1. The van der Waals surface area contributed by atoms with Crippen LogP contribution in [0, 0.1) is 17.0 Å². The predicted octanol–water partition coefficient (Wildman–Crippen LogP) is 3.55. The van der Waals surface area contributed by atoms with E-state index in [9.17, 15) is 14.9 Å². The summed E-state index contributed by atoms with van der Waals surface area (Å²) in [5.41, 5.74) is 0.0907. The number of ether oxygens (including phenoxy) is 1. The van der Waals surface area contributed by atoms with E-state index in [0.717, 1.165) is 0 Å². The second-order valence-electron chi connectivity index (χ2n) is 4.10. The summed E-state index contributed by atoms with van der Waals surface area (Å²) in [7, 11) is 0. The Morgan fingerprint density at radius 1 is 1.43 bits per heavy atom. The molecule has 8 heteroatoms. The van der Waals surface area contributed by atoms with Gasteiger partial charge in [-0.05, 0) is 19.1 Å². The minimum atomic E-state index is -1.21. The number of carbonyl (C=O) groups is 1. The molecule has 0 radical (unpaired) electrons. The number of rotatable bonds is 4. The van der Waals surface area contributed by atoms with E-state index in [0.29, 0.717) is 10.0 Å². The van der Waals surface area contributed by atoms with Crippen molar-refractivity contribution in [2.45, 2.75) is 6.92 Å². The average Bonchev–Trinajstić information content (AvgIpc) is 2.41. The molecule has 0 aliphatic rings. The molecule has 0 aliphatic heterocycles. The molecule has 0 unspecified atom stereocenters. The molecule has 2 rings (SSSR count). The Labute approximate surface area is 127 Å². The summed E-state index contributed by atoms with van der Waals surface area (Å²) in [4.78, 5) is 25.1. The fourth-order valence-electron chi connectivity index (χ4n) is 1.68. The Bertz CT molecular complexity index is 732. The molecular weight excluding hydrogens is 344 g/mol. The smallest absolute Gasteiger partial charge is 0.354 e. The van der Waals surface area contributed by atoms with E-state index in [1.165, 1.54) is 24.3 Å². The second kappa shape index (κ2) is 5.88. The van der Waals surface area contributed by atoms with Crippen LogP contribution in [0.3, 0.4) is 0 Å². The minimum Gasteiger partial charge on any atom is -0.477 e. The molecule has 0 aliphatic carbocycles. The molecular formula is C13H9BrN2O5. The number of nitro groups is 1. The molecule has 0 saturated heterocycles. The van der Waals surface area contributed by atoms with Gasteiger partial charge < -0.3 is 9.84 Å². The molecule has 0 bridgehead atoms. The first-order valence-corrected chi connectivity index (χ1v) is 6.50. The molecule has 0 amide bonds. The minimum absolute atomic E-state index is 0.0246. The molecule has 1 aromatic carbocycles. The number of hydrogen-bond acceptors (Lipinski definition) is 5. The first-order valence-electron chi connectivity index (χ1n) is 5.71. The highest BCUT2D eigenvalue weighted by molar-refractivity contribution is 9.10. The molecule has 1 N–H and O–H groups in total. The van der Waals surface area contributed by atoms with E-state index < -0.39 is 10.9 Å². The summed E-state index contributed by atoms with van der Waals surface area (Å²) >= 11 is 3.18. The number of aryl methyl sites for hydroxylation is 1. The SMILES string of the molecule is Cc1cc(Br)cc([N+](=O)[O-])c1Oc1cccc(C(=O)O)n1. The van der Waals surface area contributed by atoms with Crippen molar-refractivity contribution in [2.75, 3.05) is 0 Å². The lowest BCUT2D eigenvalue weighted by Crippen LogP contribution is -2.02. The van der Waals surface area contributed by atoms with E-state index in [1.54, 1.807) is 13.0 Å². The van der Waals surface area contributed by atoms with Crippen LogP contribution in [0.25, 0.3) is 0 Å². The van der Waals surface area contributed by atoms with Crippen molar-refractivity contribution in [1.82, 2.24) is 4.98 Å². The summed E-state index contributed by atoms with van der Waals surface area (Å²) in [6.45, 7) is 1.65. The zero-order chi connectivity index (χ0) is 15.6. The van der Waals surface area contributed by atoms with Crippen LogP contribution in [0.4, 0.5) is 5.69 Å². The van der Waals surface area contributed by atoms with Gasteiger partial charge in [0.2, 0.25) is 11.6 Å². The van der Waals surface area contributed by atoms with Crippen LogP contribution in [0.5, 0.6) is 11.6 Å². The Morgan fingerprint density at radius 3 is 2.76 bits per heavy atom. The van der Waals surface area contributed by atoms with Crippen molar-refractivity contribution in [1.29, 1.82) is 0 Å². The number of benzene rings is 1.